The Balaban J connectivity index is 2.11. The van der Waals surface area contributed by atoms with Gasteiger partial charge in [-0.2, -0.15) is 0 Å². The van der Waals surface area contributed by atoms with Crippen LogP contribution in [0.1, 0.15) is 5.56 Å². The minimum Gasteiger partial charge on any atom is -0.495 e. The first-order valence-corrected chi connectivity index (χ1v) is 8.99. The first kappa shape index (κ1) is 22.0. The Labute approximate surface area is 175 Å². The molecule has 0 saturated heterocycles. The third-order valence-electron chi connectivity index (χ3n) is 3.50. The van der Waals surface area contributed by atoms with Gasteiger partial charge in [0.05, 0.1) is 24.1 Å². The van der Waals surface area contributed by atoms with Crippen LogP contribution in [0.15, 0.2) is 48.5 Å². The van der Waals surface area contributed by atoms with E-state index in [1.54, 1.807) is 24.3 Å². The highest BCUT2D eigenvalue weighted by Crippen LogP contribution is 2.35. The summed E-state index contributed by atoms with van der Waals surface area (Å²) in [5.74, 6) is -0.347. The first-order valence-electron chi connectivity index (χ1n) is 7.85. The molecule has 0 radical (unpaired) electrons. The Morgan fingerprint density at radius 1 is 1.21 bits per heavy atom. The van der Waals surface area contributed by atoms with Crippen molar-refractivity contribution in [2.75, 3.05) is 12.4 Å². The van der Waals surface area contributed by atoms with Gasteiger partial charge in [0.1, 0.15) is 5.75 Å². The van der Waals surface area contributed by atoms with Crippen molar-refractivity contribution < 1.29 is 19.3 Å². The van der Waals surface area contributed by atoms with E-state index in [-0.39, 0.29) is 23.5 Å². The highest BCUT2D eigenvalue weighted by molar-refractivity contribution is 6.68. The third kappa shape index (κ3) is 6.42. The van der Waals surface area contributed by atoms with Gasteiger partial charge in [-0.1, -0.05) is 65.1 Å². The second-order valence-electron chi connectivity index (χ2n) is 5.51. The van der Waals surface area contributed by atoms with Crippen molar-refractivity contribution in [3.8, 4) is 5.75 Å². The lowest BCUT2D eigenvalue weighted by atomic mass is 10.2. The molecule has 2 N–H and O–H groups in total. The SMILES string of the molecule is COc1ccc([N+](=O)[O-])cc1N[C@@H](NOC(=O)Cc1ccccc1)C(Cl)(Cl)Cl. The number of carbonyl (C=O) groups is 1. The Morgan fingerprint density at radius 3 is 2.46 bits per heavy atom. The van der Waals surface area contributed by atoms with Gasteiger partial charge in [0.15, 0.2) is 6.17 Å². The average Bonchev–Trinajstić information content (AvgIpc) is 2.64. The van der Waals surface area contributed by atoms with Crippen LogP contribution in [0.25, 0.3) is 0 Å². The number of hydrogen-bond acceptors (Lipinski definition) is 7. The highest BCUT2D eigenvalue weighted by Gasteiger charge is 2.35. The number of hydrogen-bond donors (Lipinski definition) is 2. The van der Waals surface area contributed by atoms with E-state index in [0.29, 0.717) is 0 Å². The number of halogens is 3. The summed E-state index contributed by atoms with van der Waals surface area (Å²) in [6.45, 7) is 0. The van der Waals surface area contributed by atoms with Gasteiger partial charge in [-0.15, -0.1) is 5.48 Å². The number of ether oxygens (including phenoxy) is 1. The van der Waals surface area contributed by atoms with Crippen molar-refractivity contribution in [2.24, 2.45) is 0 Å². The summed E-state index contributed by atoms with van der Waals surface area (Å²) >= 11 is 17.8. The number of hydroxylamine groups is 1. The maximum absolute atomic E-state index is 12.0. The smallest absolute Gasteiger partial charge is 0.329 e. The number of nitrogens with one attached hydrogen (secondary N) is 2. The summed E-state index contributed by atoms with van der Waals surface area (Å²) in [6, 6.07) is 12.8. The maximum Gasteiger partial charge on any atom is 0.329 e. The molecule has 0 bridgehead atoms. The Kier molecular flexibility index (Phi) is 7.70. The molecule has 0 fully saturated rings. The van der Waals surface area contributed by atoms with E-state index >= 15 is 0 Å². The van der Waals surface area contributed by atoms with Gasteiger partial charge in [-0.05, 0) is 11.6 Å². The number of nitro groups is 1. The number of anilines is 1. The third-order valence-corrected chi connectivity index (χ3v) is 4.16. The van der Waals surface area contributed by atoms with Gasteiger partial charge in [-0.3, -0.25) is 14.9 Å². The molecule has 0 aliphatic heterocycles. The summed E-state index contributed by atoms with van der Waals surface area (Å²) in [4.78, 5) is 27.4. The van der Waals surface area contributed by atoms with Crippen molar-refractivity contribution >= 4 is 52.1 Å². The van der Waals surface area contributed by atoms with E-state index in [1.807, 2.05) is 6.07 Å². The van der Waals surface area contributed by atoms with E-state index in [1.165, 1.54) is 25.3 Å². The molecule has 0 aliphatic carbocycles. The molecule has 2 rings (SSSR count). The number of nitrogens with zero attached hydrogens (tertiary/aromatic N) is 1. The largest absolute Gasteiger partial charge is 0.495 e. The molecule has 28 heavy (non-hydrogen) atoms. The number of alkyl halides is 3. The lowest BCUT2D eigenvalue weighted by molar-refractivity contribution is -0.384. The van der Waals surface area contributed by atoms with Crippen LogP contribution in [0.2, 0.25) is 0 Å². The molecule has 0 saturated carbocycles. The van der Waals surface area contributed by atoms with Crippen molar-refractivity contribution in [2.45, 2.75) is 16.4 Å². The maximum atomic E-state index is 12.0. The van der Waals surface area contributed by atoms with Crippen molar-refractivity contribution in [3.63, 3.8) is 0 Å². The van der Waals surface area contributed by atoms with E-state index in [9.17, 15) is 14.9 Å². The van der Waals surface area contributed by atoms with E-state index in [2.05, 4.69) is 10.8 Å². The second-order valence-corrected chi connectivity index (χ2v) is 7.88. The molecule has 2 aromatic carbocycles. The van der Waals surface area contributed by atoms with Crippen molar-refractivity contribution in [3.05, 3.63) is 64.2 Å². The van der Waals surface area contributed by atoms with Crippen LogP contribution in [0, 0.1) is 10.1 Å². The standard InChI is InChI=1S/C17H16Cl3N3O5/c1-27-14-8-7-12(23(25)26)10-13(14)21-16(17(18,19)20)22-28-15(24)9-11-5-3-2-4-6-11/h2-8,10,16,21-22H,9H2,1H3/t16-/m0/s1. The predicted octanol–water partition coefficient (Wildman–Crippen LogP) is 4.00. The normalized spacial score (nSPS) is 12.1. The molecule has 11 heteroatoms. The van der Waals surface area contributed by atoms with E-state index < -0.39 is 20.9 Å². The van der Waals surface area contributed by atoms with Crippen LogP contribution in [-0.2, 0) is 16.1 Å². The molecular weight excluding hydrogens is 433 g/mol. The van der Waals surface area contributed by atoms with E-state index in [4.69, 9.17) is 44.4 Å². The van der Waals surface area contributed by atoms with Crippen LogP contribution in [0.5, 0.6) is 5.75 Å². The van der Waals surface area contributed by atoms with E-state index in [0.717, 1.165) is 5.56 Å². The molecule has 0 heterocycles. The molecular formula is C17H16Cl3N3O5. The van der Waals surface area contributed by atoms with Gasteiger partial charge < -0.3 is 14.9 Å². The number of non-ortho nitro benzene ring substituents is 1. The second kappa shape index (κ2) is 9.79. The van der Waals surface area contributed by atoms with Crippen LogP contribution in [0.3, 0.4) is 0 Å². The topological polar surface area (TPSA) is 103 Å². The van der Waals surface area contributed by atoms with Gasteiger partial charge in [-0.25, -0.2) is 0 Å². The van der Waals surface area contributed by atoms with Crippen LogP contribution in [-0.4, -0.2) is 28.0 Å². The monoisotopic (exact) mass is 447 g/mol. The fourth-order valence-electron chi connectivity index (χ4n) is 2.18. The van der Waals surface area contributed by atoms with Crippen molar-refractivity contribution in [1.29, 1.82) is 0 Å². The Bertz CT molecular complexity index is 831. The lowest BCUT2D eigenvalue weighted by Crippen LogP contribution is -2.47. The lowest BCUT2D eigenvalue weighted by Gasteiger charge is -2.27. The number of methoxy groups -OCH3 is 1. The number of rotatable bonds is 8. The molecule has 1 atom stereocenters. The number of carbonyl (C=O) groups excluding carboxylic acids is 1. The molecule has 2 aromatic rings. The summed E-state index contributed by atoms with van der Waals surface area (Å²) in [7, 11) is 1.38. The molecule has 8 nitrogen and oxygen atoms in total. The predicted molar refractivity (Wildman–Crippen MR) is 107 cm³/mol. The van der Waals surface area contributed by atoms with Crippen molar-refractivity contribution in [1.82, 2.24) is 5.48 Å². The fraction of sp³-hybridized carbons (Fsp3) is 0.235. The van der Waals surface area contributed by atoms with Gasteiger partial charge in [0.25, 0.3) is 5.69 Å². The molecule has 0 aromatic heterocycles. The summed E-state index contributed by atoms with van der Waals surface area (Å²) in [5, 5.41) is 13.7. The Morgan fingerprint density at radius 2 is 1.89 bits per heavy atom. The molecule has 0 spiro atoms. The molecule has 150 valence electrons. The van der Waals surface area contributed by atoms with Gasteiger partial charge >= 0.3 is 5.97 Å². The number of benzene rings is 2. The van der Waals surface area contributed by atoms with Crippen LogP contribution >= 0.6 is 34.8 Å². The molecule has 0 unspecified atom stereocenters. The molecule has 0 amide bonds. The minimum absolute atomic E-state index is 0.000543. The average molecular weight is 449 g/mol. The summed E-state index contributed by atoms with van der Waals surface area (Å²) < 4.78 is 3.18. The fourth-order valence-corrected chi connectivity index (χ4v) is 2.48. The minimum atomic E-state index is -1.97. The zero-order valence-corrected chi connectivity index (χ0v) is 16.8. The Hall–Kier alpha value is -2.26. The first-order chi connectivity index (χ1) is 13.2. The number of nitro benzene ring substituents is 1. The molecule has 0 aliphatic rings. The van der Waals surface area contributed by atoms with Gasteiger partial charge in [0.2, 0.25) is 3.79 Å². The van der Waals surface area contributed by atoms with Gasteiger partial charge in [0, 0.05) is 12.1 Å². The zero-order valence-electron chi connectivity index (χ0n) is 14.5. The van der Waals surface area contributed by atoms with Crippen LogP contribution < -0.4 is 15.5 Å². The van der Waals surface area contributed by atoms with Crippen LogP contribution in [0.4, 0.5) is 11.4 Å². The summed E-state index contributed by atoms with van der Waals surface area (Å²) in [5.41, 5.74) is 3.05. The highest BCUT2D eigenvalue weighted by atomic mass is 35.6. The quantitative estimate of drug-likeness (QED) is 0.272. The summed E-state index contributed by atoms with van der Waals surface area (Å²) in [6.07, 6.45) is -1.23. The zero-order chi connectivity index (χ0) is 20.7.